The van der Waals surface area contributed by atoms with Crippen LogP contribution in [0.25, 0.3) is 12.2 Å². The quantitative estimate of drug-likeness (QED) is 0.701. The third-order valence-electron chi connectivity index (χ3n) is 2.15. The van der Waals surface area contributed by atoms with E-state index in [0.717, 1.165) is 5.35 Å². The summed E-state index contributed by atoms with van der Waals surface area (Å²) in [5.41, 5.74) is 2.56. The molecule has 0 fully saturated rings. The van der Waals surface area contributed by atoms with Crippen molar-refractivity contribution in [2.75, 3.05) is 0 Å². The maximum Gasteiger partial charge on any atom is 0.0455 e. The van der Waals surface area contributed by atoms with Crippen LogP contribution in [-0.2, 0) is 0 Å². The van der Waals surface area contributed by atoms with Gasteiger partial charge in [0, 0.05) is 11.0 Å². The molecule has 1 heteroatoms. The van der Waals surface area contributed by atoms with Crippen LogP contribution in [0, 0.1) is 13.8 Å². The minimum absolute atomic E-state index is 1.16. The maximum absolute atomic E-state index is 3.68. The molecule has 0 aliphatic heterocycles. The molecule has 1 aromatic rings. The number of hydrogen-bond donors (Lipinski definition) is 1. The van der Waals surface area contributed by atoms with Crippen molar-refractivity contribution >= 4 is 12.2 Å². The zero-order valence-electron chi connectivity index (χ0n) is 9.94. The fraction of sp³-hybridized carbons (Fsp3) is 0.385. The summed E-state index contributed by atoms with van der Waals surface area (Å²) in [6, 6.07) is 0. The third-order valence-corrected chi connectivity index (χ3v) is 2.15. The number of aromatic amines is 1. The van der Waals surface area contributed by atoms with Gasteiger partial charge in [-0.15, -0.1) is 0 Å². The van der Waals surface area contributed by atoms with Crippen molar-refractivity contribution in [3.05, 3.63) is 34.5 Å². The molecule has 0 saturated carbocycles. The molecule has 0 amide bonds. The van der Waals surface area contributed by atoms with Gasteiger partial charge in [-0.25, -0.2) is 0 Å². The second-order valence-corrected chi connectivity index (χ2v) is 2.89. The van der Waals surface area contributed by atoms with Gasteiger partial charge in [-0.2, -0.15) is 0 Å². The highest BCUT2D eigenvalue weighted by molar-refractivity contribution is 5.39. The lowest BCUT2D eigenvalue weighted by atomic mass is 10.2. The summed E-state index contributed by atoms with van der Waals surface area (Å²) in [6.45, 7) is 13.9. The molecule has 0 radical (unpaired) electrons. The topological polar surface area (TPSA) is 15.8 Å². The van der Waals surface area contributed by atoms with Gasteiger partial charge in [0.05, 0.1) is 0 Å². The first-order valence-electron chi connectivity index (χ1n) is 5.15. The summed E-state index contributed by atoms with van der Waals surface area (Å²) >= 11 is 0. The lowest BCUT2D eigenvalue weighted by molar-refractivity contribution is 1.20. The lowest BCUT2D eigenvalue weighted by Gasteiger charge is -1.84. The number of aromatic nitrogens is 1. The van der Waals surface area contributed by atoms with E-state index in [0.29, 0.717) is 0 Å². The highest BCUT2D eigenvalue weighted by Gasteiger charge is 1.96. The summed E-state index contributed by atoms with van der Waals surface area (Å²) in [6.07, 6.45) is 5.92. The predicted octanol–water partition coefficient (Wildman–Crippen LogP) is 2.42. The molecule has 0 aliphatic rings. The Hall–Kier alpha value is -1.24. The van der Waals surface area contributed by atoms with Crippen LogP contribution in [-0.4, -0.2) is 4.98 Å². The van der Waals surface area contributed by atoms with Gasteiger partial charge in [-0.1, -0.05) is 32.6 Å². The number of aryl methyl sites for hydroxylation is 1. The number of H-pyrrole nitrogens is 1. The molecule has 0 aliphatic carbocycles. The SMILES string of the molecule is C=C/C=c1/[nH]c(C)c(C)/c1=C/C.CC. The first-order chi connectivity index (χ1) is 6.70. The molecule has 0 atom stereocenters. The first kappa shape index (κ1) is 12.8. The molecule has 0 unspecified atom stereocenters. The van der Waals surface area contributed by atoms with E-state index in [2.05, 4.69) is 38.4 Å². The molecule has 1 nitrogen and oxygen atoms in total. The third kappa shape index (κ3) is 2.63. The van der Waals surface area contributed by atoms with Crippen molar-refractivity contribution in [2.45, 2.75) is 34.6 Å². The Morgan fingerprint density at radius 3 is 2.21 bits per heavy atom. The second-order valence-electron chi connectivity index (χ2n) is 2.89. The van der Waals surface area contributed by atoms with Crippen LogP contribution >= 0.6 is 0 Å². The van der Waals surface area contributed by atoms with Crippen molar-refractivity contribution in [2.24, 2.45) is 0 Å². The Bertz CT molecular complexity index is 394. The van der Waals surface area contributed by atoms with Crippen molar-refractivity contribution < 1.29 is 0 Å². The fourth-order valence-electron chi connectivity index (χ4n) is 1.39. The van der Waals surface area contributed by atoms with E-state index in [4.69, 9.17) is 0 Å². The van der Waals surface area contributed by atoms with Crippen LogP contribution in [0.15, 0.2) is 12.7 Å². The fourth-order valence-corrected chi connectivity index (χ4v) is 1.39. The van der Waals surface area contributed by atoms with Crippen molar-refractivity contribution in [1.29, 1.82) is 0 Å². The van der Waals surface area contributed by atoms with E-state index < -0.39 is 0 Å². The highest BCUT2D eigenvalue weighted by Crippen LogP contribution is 1.91. The molecule has 0 bridgehead atoms. The largest absolute Gasteiger partial charge is 0.358 e. The van der Waals surface area contributed by atoms with Crippen LogP contribution in [0.2, 0.25) is 0 Å². The van der Waals surface area contributed by atoms with E-state index in [1.807, 2.05) is 19.9 Å². The van der Waals surface area contributed by atoms with Crippen LogP contribution in [0.5, 0.6) is 0 Å². The van der Waals surface area contributed by atoms with Crippen LogP contribution < -0.4 is 10.6 Å². The average molecular weight is 191 g/mol. The van der Waals surface area contributed by atoms with Crippen molar-refractivity contribution in [3.63, 3.8) is 0 Å². The van der Waals surface area contributed by atoms with Crippen LogP contribution in [0.1, 0.15) is 32.0 Å². The maximum atomic E-state index is 3.68. The Kier molecular flexibility index (Phi) is 5.70. The summed E-state index contributed by atoms with van der Waals surface area (Å²) in [5.74, 6) is 0. The van der Waals surface area contributed by atoms with Gasteiger partial charge in [-0.05, 0) is 37.6 Å². The molecule has 1 rings (SSSR count). The minimum atomic E-state index is 1.16. The van der Waals surface area contributed by atoms with E-state index in [9.17, 15) is 0 Å². The standard InChI is InChI=1S/C11H15N.C2H6/c1-5-7-11-10(6-2)8(3)9(4)12-11;1-2/h5-7,12H,1H2,2-4H3;1-2H3/b10-6-,11-7+;. The number of hydrogen-bond acceptors (Lipinski definition) is 0. The van der Waals surface area contributed by atoms with Crippen LogP contribution in [0.4, 0.5) is 0 Å². The van der Waals surface area contributed by atoms with Gasteiger partial charge < -0.3 is 4.98 Å². The lowest BCUT2D eigenvalue weighted by Crippen LogP contribution is -2.23. The minimum Gasteiger partial charge on any atom is -0.358 e. The Morgan fingerprint density at radius 2 is 1.79 bits per heavy atom. The molecular weight excluding hydrogens is 170 g/mol. The van der Waals surface area contributed by atoms with Gasteiger partial charge in [0.15, 0.2) is 0 Å². The molecule has 0 saturated heterocycles. The van der Waals surface area contributed by atoms with Gasteiger partial charge in [0.2, 0.25) is 0 Å². The Morgan fingerprint density at radius 1 is 1.21 bits per heavy atom. The Balaban J connectivity index is 0.000000791. The monoisotopic (exact) mass is 191 g/mol. The summed E-state index contributed by atoms with van der Waals surface area (Å²) in [7, 11) is 0. The Labute approximate surface area is 86.9 Å². The molecular formula is C13H21N. The first-order valence-corrected chi connectivity index (χ1v) is 5.15. The average Bonchev–Trinajstić information content (AvgIpc) is 2.46. The number of nitrogens with one attached hydrogen (secondary N) is 1. The van der Waals surface area contributed by atoms with Crippen molar-refractivity contribution in [1.82, 2.24) is 4.98 Å². The van der Waals surface area contributed by atoms with Gasteiger partial charge in [-0.3, -0.25) is 0 Å². The summed E-state index contributed by atoms with van der Waals surface area (Å²) < 4.78 is 0. The molecule has 1 heterocycles. The second kappa shape index (κ2) is 6.25. The predicted molar refractivity (Wildman–Crippen MR) is 65.7 cm³/mol. The normalized spacial score (nSPS) is 12.4. The van der Waals surface area contributed by atoms with E-state index in [1.165, 1.54) is 16.5 Å². The molecule has 0 spiro atoms. The van der Waals surface area contributed by atoms with Gasteiger partial charge in [0.1, 0.15) is 0 Å². The van der Waals surface area contributed by atoms with Gasteiger partial charge in [0.25, 0.3) is 0 Å². The van der Waals surface area contributed by atoms with Crippen LogP contribution in [0.3, 0.4) is 0 Å². The molecule has 78 valence electrons. The summed E-state index contributed by atoms with van der Waals surface area (Å²) in [4.78, 5) is 3.31. The van der Waals surface area contributed by atoms with E-state index >= 15 is 0 Å². The smallest absolute Gasteiger partial charge is 0.0455 e. The molecule has 14 heavy (non-hydrogen) atoms. The number of rotatable bonds is 1. The number of allylic oxidation sites excluding steroid dienone is 1. The van der Waals surface area contributed by atoms with Crippen molar-refractivity contribution in [3.8, 4) is 0 Å². The van der Waals surface area contributed by atoms with E-state index in [-0.39, 0.29) is 0 Å². The zero-order valence-corrected chi connectivity index (χ0v) is 9.94. The molecule has 1 aromatic heterocycles. The highest BCUT2D eigenvalue weighted by atomic mass is 14.7. The molecule has 0 aromatic carbocycles. The zero-order chi connectivity index (χ0) is 11.1. The van der Waals surface area contributed by atoms with Gasteiger partial charge >= 0.3 is 0 Å². The van der Waals surface area contributed by atoms with E-state index in [1.54, 1.807) is 6.08 Å². The summed E-state index contributed by atoms with van der Waals surface area (Å²) in [5, 5.41) is 2.44. The molecule has 1 N–H and O–H groups in total.